The summed E-state index contributed by atoms with van der Waals surface area (Å²) in [6.45, 7) is 8.27. The Morgan fingerprint density at radius 2 is 1.94 bits per heavy atom. The van der Waals surface area contributed by atoms with Gasteiger partial charge in [-0.3, -0.25) is 9.59 Å². The molecule has 0 rings (SSSR count). The van der Waals surface area contributed by atoms with Gasteiger partial charge in [0.2, 0.25) is 5.91 Å². The molecule has 0 aromatic carbocycles. The summed E-state index contributed by atoms with van der Waals surface area (Å²) in [6.07, 6.45) is 1.12. The minimum atomic E-state index is -0.326. The molecule has 0 spiro atoms. The molecule has 0 bridgehead atoms. The summed E-state index contributed by atoms with van der Waals surface area (Å²) >= 11 is 0. The number of ether oxygens (including phenoxy) is 2. The van der Waals surface area contributed by atoms with E-state index in [-0.39, 0.29) is 24.7 Å². The number of rotatable bonds is 10. The highest BCUT2D eigenvalue weighted by Crippen LogP contribution is 1.94. The molecule has 0 aromatic heterocycles. The maximum absolute atomic E-state index is 11.3. The van der Waals surface area contributed by atoms with Crippen molar-refractivity contribution < 1.29 is 19.1 Å². The summed E-state index contributed by atoms with van der Waals surface area (Å²) in [6, 6.07) is 0. The molecule has 0 saturated heterocycles. The summed E-state index contributed by atoms with van der Waals surface area (Å²) in [5, 5.41) is 2.74. The Morgan fingerprint density at radius 1 is 1.22 bits per heavy atom. The van der Waals surface area contributed by atoms with Crippen molar-refractivity contribution in [2.75, 3.05) is 26.4 Å². The Hall–Kier alpha value is -1.10. The van der Waals surface area contributed by atoms with E-state index in [4.69, 9.17) is 9.47 Å². The van der Waals surface area contributed by atoms with Crippen molar-refractivity contribution in [3.8, 4) is 0 Å². The molecule has 0 unspecified atom stereocenters. The van der Waals surface area contributed by atoms with Gasteiger partial charge in [-0.25, -0.2) is 0 Å². The second-order valence-corrected chi connectivity index (χ2v) is 4.48. The molecule has 5 nitrogen and oxygen atoms in total. The van der Waals surface area contributed by atoms with E-state index >= 15 is 0 Å². The molecule has 0 fully saturated rings. The van der Waals surface area contributed by atoms with Gasteiger partial charge in [0.15, 0.2) is 0 Å². The Labute approximate surface area is 109 Å². The molecule has 0 heterocycles. The van der Waals surface area contributed by atoms with Crippen LogP contribution in [0.25, 0.3) is 0 Å². The lowest BCUT2D eigenvalue weighted by Crippen LogP contribution is -2.26. The molecule has 0 saturated carbocycles. The van der Waals surface area contributed by atoms with E-state index in [0.29, 0.717) is 25.7 Å². The SMILES string of the molecule is CCOC(=O)CCC(=O)NCCCOCC(C)C. The van der Waals surface area contributed by atoms with Crippen molar-refractivity contribution in [3.05, 3.63) is 0 Å². The van der Waals surface area contributed by atoms with Gasteiger partial charge in [-0.15, -0.1) is 0 Å². The second kappa shape index (κ2) is 11.0. The molecule has 1 N–H and O–H groups in total. The fraction of sp³-hybridized carbons (Fsp3) is 0.846. The molecule has 106 valence electrons. The van der Waals surface area contributed by atoms with E-state index in [0.717, 1.165) is 13.0 Å². The topological polar surface area (TPSA) is 64.6 Å². The van der Waals surface area contributed by atoms with Crippen LogP contribution < -0.4 is 5.32 Å². The first kappa shape index (κ1) is 16.9. The van der Waals surface area contributed by atoms with Gasteiger partial charge in [0.1, 0.15) is 0 Å². The number of hydrogen-bond acceptors (Lipinski definition) is 4. The van der Waals surface area contributed by atoms with Crippen molar-refractivity contribution in [3.63, 3.8) is 0 Å². The highest BCUT2D eigenvalue weighted by Gasteiger charge is 2.06. The normalized spacial score (nSPS) is 10.4. The zero-order valence-corrected chi connectivity index (χ0v) is 11.7. The van der Waals surface area contributed by atoms with E-state index in [9.17, 15) is 9.59 Å². The van der Waals surface area contributed by atoms with Gasteiger partial charge in [-0.2, -0.15) is 0 Å². The first-order valence-electron chi connectivity index (χ1n) is 6.56. The van der Waals surface area contributed by atoms with Gasteiger partial charge in [-0.05, 0) is 19.3 Å². The minimum Gasteiger partial charge on any atom is -0.466 e. The van der Waals surface area contributed by atoms with Gasteiger partial charge < -0.3 is 14.8 Å². The first-order valence-corrected chi connectivity index (χ1v) is 6.56. The Bertz CT molecular complexity index is 241. The third-order valence-electron chi connectivity index (χ3n) is 2.10. The maximum Gasteiger partial charge on any atom is 0.306 e. The predicted molar refractivity (Wildman–Crippen MR) is 69.2 cm³/mol. The van der Waals surface area contributed by atoms with Crippen LogP contribution in [0.3, 0.4) is 0 Å². The van der Waals surface area contributed by atoms with E-state index in [2.05, 4.69) is 19.2 Å². The van der Waals surface area contributed by atoms with Crippen LogP contribution in [0.4, 0.5) is 0 Å². The smallest absolute Gasteiger partial charge is 0.306 e. The van der Waals surface area contributed by atoms with Gasteiger partial charge in [0.25, 0.3) is 0 Å². The Balaban J connectivity index is 3.34. The van der Waals surface area contributed by atoms with Crippen molar-refractivity contribution in [2.45, 2.75) is 40.0 Å². The molecule has 18 heavy (non-hydrogen) atoms. The van der Waals surface area contributed by atoms with Gasteiger partial charge in [0.05, 0.1) is 13.0 Å². The third-order valence-corrected chi connectivity index (χ3v) is 2.10. The maximum atomic E-state index is 11.3. The molecule has 0 aliphatic heterocycles. The van der Waals surface area contributed by atoms with Crippen LogP contribution in [0.1, 0.15) is 40.0 Å². The van der Waals surface area contributed by atoms with E-state index in [1.54, 1.807) is 6.92 Å². The van der Waals surface area contributed by atoms with Crippen LogP contribution in [0, 0.1) is 5.92 Å². The van der Waals surface area contributed by atoms with Gasteiger partial charge >= 0.3 is 5.97 Å². The first-order chi connectivity index (χ1) is 8.56. The minimum absolute atomic E-state index is 0.119. The molecule has 0 aliphatic carbocycles. The summed E-state index contributed by atoms with van der Waals surface area (Å²) in [5.74, 6) is 0.0870. The summed E-state index contributed by atoms with van der Waals surface area (Å²) in [4.78, 5) is 22.3. The second-order valence-electron chi connectivity index (χ2n) is 4.48. The predicted octanol–water partition coefficient (Wildman–Crippen LogP) is 1.51. The summed E-state index contributed by atoms with van der Waals surface area (Å²) in [7, 11) is 0. The number of carbonyl (C=O) groups is 2. The zero-order valence-electron chi connectivity index (χ0n) is 11.7. The number of esters is 1. The number of nitrogens with one attached hydrogen (secondary N) is 1. The lowest BCUT2D eigenvalue weighted by Gasteiger charge is -2.07. The van der Waals surface area contributed by atoms with E-state index in [1.807, 2.05) is 0 Å². The van der Waals surface area contributed by atoms with E-state index < -0.39 is 0 Å². The number of hydrogen-bond donors (Lipinski definition) is 1. The van der Waals surface area contributed by atoms with Crippen molar-refractivity contribution >= 4 is 11.9 Å². The fourth-order valence-corrected chi connectivity index (χ4v) is 1.26. The van der Waals surface area contributed by atoms with Crippen LogP contribution in [-0.2, 0) is 19.1 Å². The van der Waals surface area contributed by atoms with Crippen LogP contribution in [0.5, 0.6) is 0 Å². The Morgan fingerprint density at radius 3 is 2.56 bits per heavy atom. The fourth-order valence-electron chi connectivity index (χ4n) is 1.26. The highest BCUT2D eigenvalue weighted by atomic mass is 16.5. The lowest BCUT2D eigenvalue weighted by molar-refractivity contribution is -0.144. The highest BCUT2D eigenvalue weighted by molar-refractivity contribution is 5.81. The average molecular weight is 259 g/mol. The number of amides is 1. The molecule has 0 aliphatic rings. The molecular weight excluding hydrogens is 234 g/mol. The summed E-state index contributed by atoms with van der Waals surface area (Å²) in [5.41, 5.74) is 0. The average Bonchev–Trinajstić information content (AvgIpc) is 2.31. The molecule has 1 amide bonds. The van der Waals surface area contributed by atoms with Crippen molar-refractivity contribution in [2.24, 2.45) is 5.92 Å². The van der Waals surface area contributed by atoms with Crippen LogP contribution in [0.2, 0.25) is 0 Å². The number of carbonyl (C=O) groups excluding carboxylic acids is 2. The standard InChI is InChI=1S/C13H25NO4/c1-4-18-13(16)7-6-12(15)14-8-5-9-17-10-11(2)3/h11H,4-10H2,1-3H3,(H,14,15). The third kappa shape index (κ3) is 11.4. The summed E-state index contributed by atoms with van der Waals surface area (Å²) < 4.78 is 10.1. The van der Waals surface area contributed by atoms with Crippen LogP contribution >= 0.6 is 0 Å². The monoisotopic (exact) mass is 259 g/mol. The van der Waals surface area contributed by atoms with E-state index in [1.165, 1.54) is 0 Å². The van der Waals surface area contributed by atoms with Crippen molar-refractivity contribution in [1.29, 1.82) is 0 Å². The largest absolute Gasteiger partial charge is 0.466 e. The zero-order chi connectivity index (χ0) is 13.8. The molecule has 0 atom stereocenters. The lowest BCUT2D eigenvalue weighted by atomic mass is 10.2. The quantitative estimate of drug-likeness (QED) is 0.477. The van der Waals surface area contributed by atoms with Gasteiger partial charge in [-0.1, -0.05) is 13.8 Å². The van der Waals surface area contributed by atoms with Crippen molar-refractivity contribution in [1.82, 2.24) is 5.32 Å². The Kier molecular flexibility index (Phi) is 10.3. The van der Waals surface area contributed by atoms with Gasteiger partial charge in [0, 0.05) is 26.2 Å². The molecule has 5 heteroatoms. The van der Waals surface area contributed by atoms with Crippen LogP contribution in [-0.4, -0.2) is 38.2 Å². The van der Waals surface area contributed by atoms with Crippen LogP contribution in [0.15, 0.2) is 0 Å². The molecule has 0 radical (unpaired) electrons. The molecular formula is C13H25NO4. The molecule has 0 aromatic rings.